The van der Waals surface area contributed by atoms with Gasteiger partial charge in [0.2, 0.25) is 0 Å². The van der Waals surface area contributed by atoms with Gasteiger partial charge < -0.3 is 14.6 Å². The number of hydrogen-bond donors (Lipinski definition) is 1. The van der Waals surface area contributed by atoms with E-state index in [9.17, 15) is 14.3 Å². The van der Waals surface area contributed by atoms with E-state index in [-0.39, 0.29) is 11.7 Å². The van der Waals surface area contributed by atoms with Gasteiger partial charge in [0, 0.05) is 5.56 Å². The zero-order valence-corrected chi connectivity index (χ0v) is 15.5. The Kier molecular flexibility index (Phi) is 5.96. The van der Waals surface area contributed by atoms with Gasteiger partial charge in [-0.05, 0) is 44.1 Å². The Morgan fingerprint density at radius 3 is 2.19 bits per heavy atom. The van der Waals surface area contributed by atoms with Crippen molar-refractivity contribution in [2.24, 2.45) is 5.92 Å². The average molecular weight is 373 g/mol. The quantitative estimate of drug-likeness (QED) is 0.836. The molecule has 1 aliphatic heterocycles. The molecule has 0 bridgehead atoms. The normalized spacial score (nSPS) is 16.7. The lowest BCUT2D eigenvalue weighted by atomic mass is 9.90. The number of aliphatic carboxylic acids is 1. The highest BCUT2D eigenvalue weighted by molar-refractivity contribution is 5.70. The number of methoxy groups -OCH3 is 2. The number of carbonyl (C=O) groups is 1. The molecule has 0 aliphatic carbocycles. The van der Waals surface area contributed by atoms with Gasteiger partial charge in [0.15, 0.2) is 0 Å². The van der Waals surface area contributed by atoms with Crippen LogP contribution in [0.3, 0.4) is 0 Å². The first-order chi connectivity index (χ1) is 13.1. The van der Waals surface area contributed by atoms with Crippen LogP contribution in [0.2, 0.25) is 0 Å². The van der Waals surface area contributed by atoms with E-state index in [2.05, 4.69) is 4.90 Å². The first-order valence-electron chi connectivity index (χ1n) is 8.99. The largest absolute Gasteiger partial charge is 0.496 e. The van der Waals surface area contributed by atoms with Crippen LogP contribution in [0.1, 0.15) is 30.0 Å². The fraction of sp³-hybridized carbons (Fsp3) is 0.381. The molecule has 2 aromatic carbocycles. The molecule has 27 heavy (non-hydrogen) atoms. The molecule has 1 heterocycles. The molecule has 0 spiro atoms. The number of benzene rings is 2. The van der Waals surface area contributed by atoms with Crippen LogP contribution < -0.4 is 9.47 Å². The molecule has 1 unspecified atom stereocenters. The standard InChI is InChI=1S/C21H24FNO4/c1-26-17-8-5-9-18(27-2)19(17)20(15-6-3-4-7-16(15)22)23-12-10-14(11-13-23)21(24)25/h3-9,14,20H,10-13H2,1-2H3,(H,24,25). The van der Waals surface area contributed by atoms with Crippen molar-refractivity contribution in [3.63, 3.8) is 0 Å². The summed E-state index contributed by atoms with van der Waals surface area (Å²) in [6.45, 7) is 1.11. The van der Waals surface area contributed by atoms with Crippen LogP contribution in [0.15, 0.2) is 42.5 Å². The number of rotatable bonds is 6. The topological polar surface area (TPSA) is 59.0 Å². The second kappa shape index (κ2) is 8.39. The Bertz CT molecular complexity index is 780. The first kappa shape index (κ1) is 19.2. The van der Waals surface area contributed by atoms with Gasteiger partial charge in [-0.15, -0.1) is 0 Å². The number of carboxylic acids is 1. The molecular formula is C21H24FNO4. The van der Waals surface area contributed by atoms with Crippen molar-refractivity contribution in [2.45, 2.75) is 18.9 Å². The lowest BCUT2D eigenvalue weighted by molar-refractivity contribution is -0.143. The summed E-state index contributed by atoms with van der Waals surface area (Å²) in [5.74, 6) is -0.212. The molecule has 0 saturated carbocycles. The number of likely N-dealkylation sites (tertiary alicyclic amines) is 1. The fourth-order valence-electron chi connectivity index (χ4n) is 3.79. The van der Waals surface area contributed by atoms with Gasteiger partial charge in [0.05, 0.1) is 31.7 Å². The Morgan fingerprint density at radius 1 is 1.07 bits per heavy atom. The third kappa shape index (κ3) is 3.90. The van der Waals surface area contributed by atoms with Gasteiger partial charge in [-0.25, -0.2) is 4.39 Å². The predicted molar refractivity (Wildman–Crippen MR) is 99.7 cm³/mol. The maximum Gasteiger partial charge on any atom is 0.306 e. The number of carboxylic acid groups (broad SMARTS) is 1. The van der Waals surface area contributed by atoms with Gasteiger partial charge >= 0.3 is 5.97 Å². The average Bonchev–Trinajstić information content (AvgIpc) is 2.70. The summed E-state index contributed by atoms with van der Waals surface area (Å²) >= 11 is 0. The number of piperidine rings is 1. The van der Waals surface area contributed by atoms with Crippen molar-refractivity contribution >= 4 is 5.97 Å². The van der Waals surface area contributed by atoms with E-state index in [1.165, 1.54) is 6.07 Å². The Hall–Kier alpha value is -2.60. The second-order valence-electron chi connectivity index (χ2n) is 6.65. The first-order valence-corrected chi connectivity index (χ1v) is 8.99. The summed E-state index contributed by atoms with van der Waals surface area (Å²) in [6, 6.07) is 11.7. The Morgan fingerprint density at radius 2 is 1.67 bits per heavy atom. The molecule has 144 valence electrons. The smallest absolute Gasteiger partial charge is 0.306 e. The summed E-state index contributed by atoms with van der Waals surface area (Å²) in [5.41, 5.74) is 1.27. The summed E-state index contributed by atoms with van der Waals surface area (Å²) in [6.07, 6.45) is 1.05. The maximum absolute atomic E-state index is 14.8. The van der Waals surface area contributed by atoms with Gasteiger partial charge in [-0.1, -0.05) is 24.3 Å². The molecule has 1 fully saturated rings. The highest BCUT2D eigenvalue weighted by Crippen LogP contribution is 2.42. The van der Waals surface area contributed by atoms with E-state index in [1.807, 2.05) is 18.2 Å². The molecule has 2 aromatic rings. The fourth-order valence-corrected chi connectivity index (χ4v) is 3.79. The van der Waals surface area contributed by atoms with Crippen LogP contribution in [0.25, 0.3) is 0 Å². The van der Waals surface area contributed by atoms with E-state index in [0.717, 1.165) is 5.56 Å². The number of ether oxygens (including phenoxy) is 2. The second-order valence-corrected chi connectivity index (χ2v) is 6.65. The van der Waals surface area contributed by atoms with Crippen LogP contribution in [0.5, 0.6) is 11.5 Å². The molecule has 1 atom stereocenters. The molecule has 1 aliphatic rings. The van der Waals surface area contributed by atoms with Crippen LogP contribution in [-0.2, 0) is 4.79 Å². The van der Waals surface area contributed by atoms with Crippen molar-refractivity contribution in [3.8, 4) is 11.5 Å². The predicted octanol–water partition coefficient (Wildman–Crippen LogP) is 3.73. The van der Waals surface area contributed by atoms with E-state index >= 15 is 0 Å². The number of hydrogen-bond acceptors (Lipinski definition) is 4. The molecule has 0 amide bonds. The van der Waals surface area contributed by atoms with Crippen molar-refractivity contribution in [1.29, 1.82) is 0 Å². The molecule has 6 heteroatoms. The molecule has 1 N–H and O–H groups in total. The summed E-state index contributed by atoms with van der Waals surface area (Å²) in [4.78, 5) is 13.4. The zero-order chi connectivity index (χ0) is 19.4. The molecule has 0 radical (unpaired) electrons. The Balaban J connectivity index is 2.08. The molecule has 1 saturated heterocycles. The summed E-state index contributed by atoms with van der Waals surface area (Å²) in [5, 5.41) is 9.29. The Labute approximate surface area is 158 Å². The summed E-state index contributed by atoms with van der Waals surface area (Å²) < 4.78 is 25.9. The SMILES string of the molecule is COc1cccc(OC)c1C(c1ccccc1F)N1CCC(C(=O)O)CC1. The molecule has 3 rings (SSSR count). The van der Waals surface area contributed by atoms with Crippen molar-refractivity contribution in [1.82, 2.24) is 4.90 Å². The highest BCUT2D eigenvalue weighted by Gasteiger charge is 2.34. The lowest BCUT2D eigenvalue weighted by Crippen LogP contribution is -2.39. The van der Waals surface area contributed by atoms with Gasteiger partial charge in [-0.2, -0.15) is 0 Å². The maximum atomic E-state index is 14.8. The van der Waals surface area contributed by atoms with Crippen molar-refractivity contribution in [2.75, 3.05) is 27.3 Å². The third-order valence-corrected chi connectivity index (χ3v) is 5.18. The van der Waals surface area contributed by atoms with Gasteiger partial charge in [-0.3, -0.25) is 9.69 Å². The monoisotopic (exact) mass is 373 g/mol. The third-order valence-electron chi connectivity index (χ3n) is 5.18. The molecule has 5 nitrogen and oxygen atoms in total. The van der Waals surface area contributed by atoms with Crippen molar-refractivity contribution < 1.29 is 23.8 Å². The van der Waals surface area contributed by atoms with E-state index < -0.39 is 12.0 Å². The number of nitrogens with zero attached hydrogens (tertiary/aromatic N) is 1. The number of halogens is 1. The summed E-state index contributed by atoms with van der Waals surface area (Å²) in [7, 11) is 3.15. The van der Waals surface area contributed by atoms with Crippen molar-refractivity contribution in [3.05, 3.63) is 59.4 Å². The minimum Gasteiger partial charge on any atom is -0.496 e. The van der Waals surface area contributed by atoms with Gasteiger partial charge in [0.1, 0.15) is 17.3 Å². The van der Waals surface area contributed by atoms with Gasteiger partial charge in [0.25, 0.3) is 0 Å². The van der Waals surface area contributed by atoms with Crippen LogP contribution in [-0.4, -0.2) is 43.3 Å². The van der Waals surface area contributed by atoms with Crippen LogP contribution in [0.4, 0.5) is 4.39 Å². The minimum absolute atomic E-state index is 0.309. The highest BCUT2D eigenvalue weighted by atomic mass is 19.1. The van der Waals surface area contributed by atoms with Crippen LogP contribution in [0, 0.1) is 11.7 Å². The lowest BCUT2D eigenvalue weighted by Gasteiger charge is -2.38. The van der Waals surface area contributed by atoms with E-state index in [1.54, 1.807) is 32.4 Å². The van der Waals surface area contributed by atoms with E-state index in [0.29, 0.717) is 43.0 Å². The minimum atomic E-state index is -0.771. The van der Waals surface area contributed by atoms with E-state index in [4.69, 9.17) is 9.47 Å². The molecular weight excluding hydrogens is 349 g/mol. The zero-order valence-electron chi connectivity index (χ0n) is 15.5. The van der Waals surface area contributed by atoms with Crippen LogP contribution >= 0.6 is 0 Å². The molecule has 0 aromatic heterocycles.